The zero-order chi connectivity index (χ0) is 13.9. The monoisotopic (exact) mass is 278 g/mol. The van der Waals surface area contributed by atoms with Crippen molar-refractivity contribution in [2.24, 2.45) is 0 Å². The number of carbonyl (C=O) groups is 1. The SMILES string of the molecule is COC(=O)c1ccc(CN2CCCN(C3CC3)CC2)o1. The summed E-state index contributed by atoms with van der Waals surface area (Å²) in [5, 5.41) is 0. The Bertz CT molecular complexity index is 467. The molecule has 0 aromatic carbocycles. The third kappa shape index (κ3) is 3.22. The minimum atomic E-state index is -0.410. The first-order chi connectivity index (χ1) is 9.76. The van der Waals surface area contributed by atoms with Crippen molar-refractivity contribution in [1.82, 2.24) is 9.80 Å². The molecule has 1 aliphatic carbocycles. The number of nitrogens with zero attached hydrogens (tertiary/aromatic N) is 2. The molecule has 3 rings (SSSR count). The van der Waals surface area contributed by atoms with Crippen LogP contribution in [0, 0.1) is 0 Å². The molecule has 5 nitrogen and oxygen atoms in total. The van der Waals surface area contributed by atoms with Crippen molar-refractivity contribution in [3.05, 3.63) is 23.7 Å². The number of ether oxygens (including phenoxy) is 1. The summed E-state index contributed by atoms with van der Waals surface area (Å²) >= 11 is 0. The van der Waals surface area contributed by atoms with Gasteiger partial charge in [0.05, 0.1) is 13.7 Å². The highest BCUT2D eigenvalue weighted by atomic mass is 16.5. The summed E-state index contributed by atoms with van der Waals surface area (Å²) in [5.74, 6) is 0.717. The molecular formula is C15H22N2O3. The Morgan fingerprint density at radius 3 is 2.90 bits per heavy atom. The first-order valence-corrected chi connectivity index (χ1v) is 7.39. The second-order valence-electron chi connectivity index (χ2n) is 5.65. The van der Waals surface area contributed by atoms with Crippen LogP contribution in [0.25, 0.3) is 0 Å². The molecule has 1 aliphatic heterocycles. The standard InChI is InChI=1S/C15H22N2O3/c1-19-15(18)14-6-5-13(20-14)11-16-7-2-8-17(10-9-16)12-3-4-12/h5-6,12H,2-4,7-11H2,1H3. The Balaban J connectivity index is 1.54. The van der Waals surface area contributed by atoms with Crippen molar-refractivity contribution in [3.8, 4) is 0 Å². The van der Waals surface area contributed by atoms with Crippen molar-refractivity contribution < 1.29 is 13.9 Å². The fourth-order valence-electron chi connectivity index (χ4n) is 2.85. The van der Waals surface area contributed by atoms with E-state index in [9.17, 15) is 4.79 Å². The van der Waals surface area contributed by atoms with Gasteiger partial charge in [-0.3, -0.25) is 9.80 Å². The van der Waals surface area contributed by atoms with Crippen LogP contribution < -0.4 is 0 Å². The molecule has 2 fully saturated rings. The summed E-state index contributed by atoms with van der Waals surface area (Å²) in [6.07, 6.45) is 3.96. The van der Waals surface area contributed by atoms with Gasteiger partial charge in [-0.2, -0.15) is 0 Å². The lowest BCUT2D eigenvalue weighted by molar-refractivity contribution is 0.0561. The molecule has 1 saturated carbocycles. The van der Waals surface area contributed by atoms with Crippen LogP contribution in [0.1, 0.15) is 35.6 Å². The van der Waals surface area contributed by atoms with Crippen LogP contribution >= 0.6 is 0 Å². The smallest absolute Gasteiger partial charge is 0.373 e. The van der Waals surface area contributed by atoms with Crippen molar-refractivity contribution in [2.75, 3.05) is 33.3 Å². The third-order valence-corrected chi connectivity index (χ3v) is 4.11. The van der Waals surface area contributed by atoms with Gasteiger partial charge < -0.3 is 9.15 Å². The molecule has 0 spiro atoms. The molecule has 110 valence electrons. The van der Waals surface area contributed by atoms with Crippen molar-refractivity contribution in [2.45, 2.75) is 31.8 Å². The minimum absolute atomic E-state index is 0.289. The summed E-state index contributed by atoms with van der Waals surface area (Å²) in [7, 11) is 1.37. The first-order valence-electron chi connectivity index (χ1n) is 7.39. The first kappa shape index (κ1) is 13.6. The molecule has 0 amide bonds. The van der Waals surface area contributed by atoms with Crippen LogP contribution in [0.5, 0.6) is 0 Å². The van der Waals surface area contributed by atoms with E-state index in [1.54, 1.807) is 6.07 Å². The quantitative estimate of drug-likeness (QED) is 0.785. The van der Waals surface area contributed by atoms with Crippen LogP contribution in [0.2, 0.25) is 0 Å². The molecule has 5 heteroatoms. The summed E-state index contributed by atoms with van der Waals surface area (Å²) in [5.41, 5.74) is 0. The fourth-order valence-corrected chi connectivity index (χ4v) is 2.85. The van der Waals surface area contributed by atoms with E-state index in [-0.39, 0.29) is 5.76 Å². The van der Waals surface area contributed by atoms with E-state index in [0.717, 1.165) is 38.0 Å². The van der Waals surface area contributed by atoms with Gasteiger partial charge >= 0.3 is 5.97 Å². The topological polar surface area (TPSA) is 45.9 Å². The Kier molecular flexibility index (Phi) is 4.08. The van der Waals surface area contributed by atoms with Crippen LogP contribution in [-0.2, 0) is 11.3 Å². The molecule has 2 aliphatic rings. The summed E-state index contributed by atoms with van der Waals surface area (Å²) in [4.78, 5) is 16.4. The number of esters is 1. The van der Waals surface area contributed by atoms with Crippen LogP contribution in [0.4, 0.5) is 0 Å². The normalized spacial score (nSPS) is 21.6. The molecule has 0 bridgehead atoms. The lowest BCUT2D eigenvalue weighted by Gasteiger charge is -2.20. The highest BCUT2D eigenvalue weighted by molar-refractivity contribution is 5.86. The predicted molar refractivity (Wildman–Crippen MR) is 74.5 cm³/mol. The number of furan rings is 1. The van der Waals surface area contributed by atoms with Gasteiger partial charge in [0.1, 0.15) is 5.76 Å². The highest BCUT2D eigenvalue weighted by Crippen LogP contribution is 2.27. The van der Waals surface area contributed by atoms with Gasteiger partial charge in [-0.1, -0.05) is 0 Å². The lowest BCUT2D eigenvalue weighted by Crippen LogP contribution is -2.31. The molecule has 0 N–H and O–H groups in total. The van der Waals surface area contributed by atoms with Crippen molar-refractivity contribution >= 4 is 5.97 Å². The summed E-state index contributed by atoms with van der Waals surface area (Å²) < 4.78 is 10.2. The van der Waals surface area contributed by atoms with Gasteiger partial charge in [0.2, 0.25) is 5.76 Å². The summed E-state index contributed by atoms with van der Waals surface area (Å²) in [6.45, 7) is 5.31. The molecule has 20 heavy (non-hydrogen) atoms. The highest BCUT2D eigenvalue weighted by Gasteiger charge is 2.30. The van der Waals surface area contributed by atoms with E-state index in [0.29, 0.717) is 0 Å². The fraction of sp³-hybridized carbons (Fsp3) is 0.667. The zero-order valence-corrected chi connectivity index (χ0v) is 12.0. The van der Waals surface area contributed by atoms with E-state index in [1.807, 2.05) is 6.07 Å². The van der Waals surface area contributed by atoms with Crippen LogP contribution in [-0.4, -0.2) is 55.1 Å². The number of carbonyl (C=O) groups excluding carboxylic acids is 1. The maximum atomic E-state index is 11.4. The Morgan fingerprint density at radius 2 is 2.15 bits per heavy atom. The van der Waals surface area contributed by atoms with E-state index >= 15 is 0 Å². The van der Waals surface area contributed by atoms with Crippen LogP contribution in [0.3, 0.4) is 0 Å². The number of hydrogen-bond acceptors (Lipinski definition) is 5. The second kappa shape index (κ2) is 5.97. The molecule has 1 aromatic rings. The molecule has 0 atom stereocenters. The maximum absolute atomic E-state index is 11.4. The molecule has 2 heterocycles. The Hall–Kier alpha value is -1.33. The van der Waals surface area contributed by atoms with Gasteiger partial charge in [-0.05, 0) is 44.5 Å². The molecule has 0 unspecified atom stereocenters. The van der Waals surface area contributed by atoms with Gasteiger partial charge in [0, 0.05) is 19.1 Å². The van der Waals surface area contributed by atoms with E-state index < -0.39 is 5.97 Å². The van der Waals surface area contributed by atoms with E-state index in [2.05, 4.69) is 14.5 Å². The Morgan fingerprint density at radius 1 is 1.30 bits per heavy atom. The third-order valence-electron chi connectivity index (χ3n) is 4.11. The maximum Gasteiger partial charge on any atom is 0.373 e. The van der Waals surface area contributed by atoms with Gasteiger partial charge in [-0.15, -0.1) is 0 Å². The lowest BCUT2D eigenvalue weighted by atomic mass is 10.3. The van der Waals surface area contributed by atoms with E-state index in [4.69, 9.17) is 4.42 Å². The van der Waals surface area contributed by atoms with E-state index in [1.165, 1.54) is 32.9 Å². The van der Waals surface area contributed by atoms with Crippen molar-refractivity contribution in [3.63, 3.8) is 0 Å². The van der Waals surface area contributed by atoms with Gasteiger partial charge in [0.15, 0.2) is 0 Å². The second-order valence-corrected chi connectivity index (χ2v) is 5.65. The molecule has 0 radical (unpaired) electrons. The molecule has 1 saturated heterocycles. The number of rotatable bonds is 4. The van der Waals surface area contributed by atoms with Crippen LogP contribution in [0.15, 0.2) is 16.5 Å². The molecular weight excluding hydrogens is 256 g/mol. The predicted octanol–water partition coefficient (Wildman–Crippen LogP) is 1.74. The summed E-state index contributed by atoms with van der Waals surface area (Å²) in [6, 6.07) is 4.41. The number of methoxy groups -OCH3 is 1. The Labute approximate surface area is 119 Å². The minimum Gasteiger partial charge on any atom is -0.463 e. The average molecular weight is 278 g/mol. The largest absolute Gasteiger partial charge is 0.463 e. The number of hydrogen-bond donors (Lipinski definition) is 0. The zero-order valence-electron chi connectivity index (χ0n) is 12.0. The van der Waals surface area contributed by atoms with Crippen molar-refractivity contribution in [1.29, 1.82) is 0 Å². The van der Waals surface area contributed by atoms with Gasteiger partial charge in [0.25, 0.3) is 0 Å². The average Bonchev–Trinajstić information content (AvgIpc) is 3.22. The molecule has 1 aromatic heterocycles. The van der Waals surface area contributed by atoms with Gasteiger partial charge in [-0.25, -0.2) is 4.79 Å².